The fourth-order valence-corrected chi connectivity index (χ4v) is 2.99. The Kier molecular flexibility index (Phi) is 5.53. The van der Waals surface area contributed by atoms with E-state index < -0.39 is 5.91 Å². The van der Waals surface area contributed by atoms with Gasteiger partial charge in [0, 0.05) is 12.2 Å². The SMILES string of the molecule is N#Cc1cc(C(N)=O)c(Nc2cccc(-n3nccn3)c2)nc1NCc1ccccc1. The zero-order chi connectivity index (χ0) is 21.6. The highest BCUT2D eigenvalue weighted by atomic mass is 16.1. The van der Waals surface area contributed by atoms with Crippen molar-refractivity contribution >= 4 is 23.2 Å². The number of nitrogens with two attached hydrogens (primary N) is 1. The molecule has 1 amide bonds. The molecule has 0 aliphatic carbocycles. The molecular formula is C22H18N8O. The minimum atomic E-state index is -0.689. The second-order valence-corrected chi connectivity index (χ2v) is 6.59. The second-order valence-electron chi connectivity index (χ2n) is 6.59. The van der Waals surface area contributed by atoms with Gasteiger partial charge in [0.05, 0.1) is 29.2 Å². The highest BCUT2D eigenvalue weighted by Gasteiger charge is 2.16. The van der Waals surface area contributed by atoms with Crippen molar-refractivity contribution in [3.63, 3.8) is 0 Å². The number of primary amides is 1. The summed E-state index contributed by atoms with van der Waals surface area (Å²) in [5.74, 6) is -0.0950. The quantitative estimate of drug-likeness (QED) is 0.426. The summed E-state index contributed by atoms with van der Waals surface area (Å²) in [5.41, 5.74) is 8.30. The average Bonchev–Trinajstić information content (AvgIpc) is 3.33. The number of benzene rings is 2. The third-order valence-electron chi connectivity index (χ3n) is 4.47. The van der Waals surface area contributed by atoms with Gasteiger partial charge in [-0.2, -0.15) is 20.3 Å². The Balaban J connectivity index is 1.66. The van der Waals surface area contributed by atoms with Gasteiger partial charge in [-0.1, -0.05) is 36.4 Å². The van der Waals surface area contributed by atoms with Crippen LogP contribution >= 0.6 is 0 Å². The lowest BCUT2D eigenvalue weighted by Gasteiger charge is -2.14. The first-order valence-corrected chi connectivity index (χ1v) is 9.40. The van der Waals surface area contributed by atoms with Gasteiger partial charge < -0.3 is 16.4 Å². The van der Waals surface area contributed by atoms with Gasteiger partial charge in [-0.15, -0.1) is 0 Å². The smallest absolute Gasteiger partial charge is 0.252 e. The molecule has 0 saturated heterocycles. The lowest BCUT2D eigenvalue weighted by atomic mass is 10.1. The standard InChI is InChI=1S/C22H18N8O/c23-13-16-11-19(20(24)31)22(29-21(16)25-14-15-5-2-1-3-6-15)28-17-7-4-8-18(12-17)30-26-9-10-27-30/h1-12H,14H2,(H2,24,31)(H2,25,28,29). The second kappa shape index (κ2) is 8.75. The van der Waals surface area contributed by atoms with E-state index >= 15 is 0 Å². The van der Waals surface area contributed by atoms with Gasteiger partial charge in [-0.05, 0) is 29.8 Å². The molecule has 2 aromatic carbocycles. The lowest BCUT2D eigenvalue weighted by Crippen LogP contribution is -2.16. The Morgan fingerprint density at radius 3 is 2.52 bits per heavy atom. The molecule has 0 saturated carbocycles. The minimum Gasteiger partial charge on any atom is -0.365 e. The van der Waals surface area contributed by atoms with Crippen LogP contribution in [0.2, 0.25) is 0 Å². The largest absolute Gasteiger partial charge is 0.365 e. The Hall–Kier alpha value is -4.71. The van der Waals surface area contributed by atoms with E-state index in [2.05, 4.69) is 31.9 Å². The van der Waals surface area contributed by atoms with Crippen LogP contribution in [0.15, 0.2) is 73.1 Å². The van der Waals surface area contributed by atoms with Crippen LogP contribution in [-0.4, -0.2) is 25.9 Å². The van der Waals surface area contributed by atoms with Crippen LogP contribution in [0.3, 0.4) is 0 Å². The normalized spacial score (nSPS) is 10.3. The first-order chi connectivity index (χ1) is 15.1. The molecule has 4 aromatic rings. The van der Waals surface area contributed by atoms with Crippen molar-refractivity contribution in [1.29, 1.82) is 5.26 Å². The molecule has 9 nitrogen and oxygen atoms in total. The highest BCUT2D eigenvalue weighted by Crippen LogP contribution is 2.25. The van der Waals surface area contributed by atoms with Crippen LogP contribution in [0.25, 0.3) is 5.69 Å². The number of hydrogen-bond donors (Lipinski definition) is 3. The summed E-state index contributed by atoms with van der Waals surface area (Å²) in [6.45, 7) is 0.471. The molecule has 4 rings (SSSR count). The van der Waals surface area contributed by atoms with Gasteiger partial charge >= 0.3 is 0 Å². The summed E-state index contributed by atoms with van der Waals surface area (Å²) >= 11 is 0. The van der Waals surface area contributed by atoms with Crippen LogP contribution in [0.1, 0.15) is 21.5 Å². The number of carbonyl (C=O) groups is 1. The van der Waals surface area contributed by atoms with Crippen LogP contribution in [0.4, 0.5) is 17.3 Å². The molecule has 0 fully saturated rings. The number of rotatable bonds is 7. The summed E-state index contributed by atoms with van der Waals surface area (Å²) in [4.78, 5) is 18.0. The Morgan fingerprint density at radius 1 is 1.03 bits per heavy atom. The van der Waals surface area contributed by atoms with Crippen molar-refractivity contribution in [3.8, 4) is 11.8 Å². The third-order valence-corrected chi connectivity index (χ3v) is 4.47. The van der Waals surface area contributed by atoms with Gasteiger partial charge in [0.25, 0.3) is 5.91 Å². The molecule has 2 aromatic heterocycles. The molecule has 0 radical (unpaired) electrons. The summed E-state index contributed by atoms with van der Waals surface area (Å²) in [6, 6.07) is 20.5. The van der Waals surface area contributed by atoms with Gasteiger partial charge in [-0.25, -0.2) is 4.98 Å². The highest BCUT2D eigenvalue weighted by molar-refractivity contribution is 5.99. The van der Waals surface area contributed by atoms with E-state index in [1.54, 1.807) is 12.4 Å². The van der Waals surface area contributed by atoms with E-state index in [1.807, 2.05) is 54.6 Å². The average molecular weight is 410 g/mol. The molecular weight excluding hydrogens is 392 g/mol. The summed E-state index contributed by atoms with van der Waals surface area (Å²) in [6.07, 6.45) is 3.16. The van der Waals surface area contributed by atoms with E-state index in [0.29, 0.717) is 18.1 Å². The molecule has 0 atom stereocenters. The first-order valence-electron chi connectivity index (χ1n) is 9.40. The predicted molar refractivity (Wildman–Crippen MR) is 116 cm³/mol. The maximum atomic E-state index is 12.0. The molecule has 0 aliphatic heterocycles. The fraction of sp³-hybridized carbons (Fsp3) is 0.0455. The zero-order valence-electron chi connectivity index (χ0n) is 16.4. The van der Waals surface area contributed by atoms with E-state index in [4.69, 9.17) is 5.73 Å². The Labute approximate surface area is 178 Å². The van der Waals surface area contributed by atoms with Crippen molar-refractivity contribution in [2.45, 2.75) is 6.54 Å². The number of anilines is 3. The minimum absolute atomic E-state index is 0.115. The molecule has 9 heteroatoms. The van der Waals surface area contributed by atoms with Gasteiger partial charge in [-0.3, -0.25) is 4.79 Å². The van der Waals surface area contributed by atoms with E-state index in [-0.39, 0.29) is 16.9 Å². The summed E-state index contributed by atoms with van der Waals surface area (Å²) < 4.78 is 0. The lowest BCUT2D eigenvalue weighted by molar-refractivity contribution is 0.100. The third kappa shape index (κ3) is 4.49. The topological polar surface area (TPSA) is 135 Å². The number of pyridine rings is 1. The van der Waals surface area contributed by atoms with E-state index in [1.165, 1.54) is 10.9 Å². The predicted octanol–water partition coefficient (Wildman–Crippen LogP) is 2.99. The number of amides is 1. The molecule has 0 bridgehead atoms. The molecule has 0 aliphatic rings. The van der Waals surface area contributed by atoms with Crippen molar-refractivity contribution in [2.75, 3.05) is 10.6 Å². The van der Waals surface area contributed by atoms with Gasteiger partial charge in [0.2, 0.25) is 0 Å². The number of carbonyl (C=O) groups excluding carboxylic acids is 1. The molecule has 2 heterocycles. The summed E-state index contributed by atoms with van der Waals surface area (Å²) in [5, 5.41) is 24.0. The molecule has 31 heavy (non-hydrogen) atoms. The number of nitriles is 1. The maximum Gasteiger partial charge on any atom is 0.252 e. The maximum absolute atomic E-state index is 12.0. The van der Waals surface area contributed by atoms with Crippen molar-refractivity contribution < 1.29 is 4.79 Å². The molecule has 152 valence electrons. The van der Waals surface area contributed by atoms with Gasteiger partial charge in [0.1, 0.15) is 17.7 Å². The fourth-order valence-electron chi connectivity index (χ4n) is 2.99. The van der Waals surface area contributed by atoms with Crippen LogP contribution in [0.5, 0.6) is 0 Å². The number of nitrogens with one attached hydrogen (secondary N) is 2. The van der Waals surface area contributed by atoms with Crippen LogP contribution < -0.4 is 16.4 Å². The molecule has 0 spiro atoms. The Bertz CT molecular complexity index is 1250. The monoisotopic (exact) mass is 410 g/mol. The van der Waals surface area contributed by atoms with E-state index in [0.717, 1.165) is 11.3 Å². The van der Waals surface area contributed by atoms with Crippen LogP contribution in [-0.2, 0) is 6.54 Å². The number of hydrogen-bond acceptors (Lipinski definition) is 7. The van der Waals surface area contributed by atoms with E-state index in [9.17, 15) is 10.1 Å². The number of aromatic nitrogens is 4. The number of nitrogens with zero attached hydrogens (tertiary/aromatic N) is 5. The van der Waals surface area contributed by atoms with Gasteiger partial charge in [0.15, 0.2) is 0 Å². The first kappa shape index (κ1) is 19.6. The van der Waals surface area contributed by atoms with Crippen molar-refractivity contribution in [2.24, 2.45) is 5.73 Å². The van der Waals surface area contributed by atoms with Crippen molar-refractivity contribution in [1.82, 2.24) is 20.0 Å². The van der Waals surface area contributed by atoms with Crippen LogP contribution in [0, 0.1) is 11.3 Å². The Morgan fingerprint density at radius 2 is 1.81 bits per heavy atom. The molecule has 0 unspecified atom stereocenters. The summed E-state index contributed by atoms with van der Waals surface area (Å²) in [7, 11) is 0. The van der Waals surface area contributed by atoms with Crippen molar-refractivity contribution in [3.05, 3.63) is 89.7 Å². The zero-order valence-corrected chi connectivity index (χ0v) is 16.4. The molecule has 4 N–H and O–H groups in total.